The molecule has 0 aromatic heterocycles. The molecule has 98 valence electrons. The van der Waals surface area contributed by atoms with Crippen molar-refractivity contribution >= 4 is 0 Å². The molecule has 2 aromatic carbocycles. The molecule has 19 heavy (non-hydrogen) atoms. The number of halogens is 1. The van der Waals surface area contributed by atoms with Gasteiger partial charge in [0.15, 0.2) is 0 Å². The minimum atomic E-state index is -0.208. The van der Waals surface area contributed by atoms with Crippen molar-refractivity contribution in [3.63, 3.8) is 0 Å². The highest BCUT2D eigenvalue weighted by atomic mass is 19.1. The van der Waals surface area contributed by atoms with Crippen LogP contribution in [0.3, 0.4) is 0 Å². The van der Waals surface area contributed by atoms with Crippen molar-refractivity contribution in [3.8, 4) is 5.75 Å². The quantitative estimate of drug-likeness (QED) is 0.796. The molecule has 0 aliphatic heterocycles. The summed E-state index contributed by atoms with van der Waals surface area (Å²) in [5, 5.41) is 0. The number of hydrogen-bond acceptors (Lipinski definition) is 1. The van der Waals surface area contributed by atoms with Crippen LogP contribution in [0, 0.1) is 5.82 Å². The van der Waals surface area contributed by atoms with Crippen LogP contribution in [0.25, 0.3) is 0 Å². The molecule has 0 saturated carbocycles. The summed E-state index contributed by atoms with van der Waals surface area (Å²) in [4.78, 5) is 0. The summed E-state index contributed by atoms with van der Waals surface area (Å²) >= 11 is 0. The van der Waals surface area contributed by atoms with E-state index in [0.717, 1.165) is 12.2 Å². The van der Waals surface area contributed by atoms with Gasteiger partial charge >= 0.3 is 0 Å². The first kappa shape index (κ1) is 12.2. The van der Waals surface area contributed by atoms with E-state index in [-0.39, 0.29) is 12.4 Å². The van der Waals surface area contributed by atoms with Crippen LogP contribution in [0.5, 0.6) is 5.75 Å². The molecule has 0 atom stereocenters. The lowest BCUT2D eigenvalue weighted by atomic mass is 9.92. The summed E-state index contributed by atoms with van der Waals surface area (Å²) in [5.41, 5.74) is 3.42. The Morgan fingerprint density at radius 3 is 2.58 bits per heavy atom. The maximum atomic E-state index is 13.5. The Kier molecular flexibility index (Phi) is 3.49. The van der Waals surface area contributed by atoms with Crippen LogP contribution in [-0.2, 0) is 19.4 Å². The van der Waals surface area contributed by atoms with E-state index < -0.39 is 0 Å². The third-order valence-electron chi connectivity index (χ3n) is 3.67. The molecular weight excluding hydrogens is 239 g/mol. The Morgan fingerprint density at radius 1 is 0.947 bits per heavy atom. The first-order chi connectivity index (χ1) is 9.33. The monoisotopic (exact) mass is 256 g/mol. The van der Waals surface area contributed by atoms with Crippen molar-refractivity contribution < 1.29 is 9.13 Å². The molecule has 0 N–H and O–H groups in total. The lowest BCUT2D eigenvalue weighted by Crippen LogP contribution is -2.04. The van der Waals surface area contributed by atoms with Gasteiger partial charge in [0.25, 0.3) is 0 Å². The predicted octanol–water partition coefficient (Wildman–Crippen LogP) is 4.28. The van der Waals surface area contributed by atoms with Gasteiger partial charge in [-0.15, -0.1) is 0 Å². The van der Waals surface area contributed by atoms with Crippen molar-refractivity contribution in [3.05, 3.63) is 65.0 Å². The van der Waals surface area contributed by atoms with Crippen molar-refractivity contribution in [1.82, 2.24) is 0 Å². The Balaban J connectivity index is 1.72. The van der Waals surface area contributed by atoms with Gasteiger partial charge in [-0.25, -0.2) is 4.39 Å². The first-order valence-electron chi connectivity index (χ1n) is 6.81. The molecule has 0 bridgehead atoms. The van der Waals surface area contributed by atoms with E-state index in [4.69, 9.17) is 4.74 Å². The average Bonchev–Trinajstić information content (AvgIpc) is 2.46. The molecular formula is C17H17FO. The third kappa shape index (κ3) is 2.78. The maximum absolute atomic E-state index is 13.5. The molecule has 0 amide bonds. The topological polar surface area (TPSA) is 9.23 Å². The largest absolute Gasteiger partial charge is 0.489 e. The Bertz CT molecular complexity index is 577. The summed E-state index contributed by atoms with van der Waals surface area (Å²) in [6.45, 7) is 0.283. The van der Waals surface area contributed by atoms with Crippen LogP contribution in [0.1, 0.15) is 29.5 Å². The minimum Gasteiger partial charge on any atom is -0.489 e. The second-order valence-electron chi connectivity index (χ2n) is 5.02. The van der Waals surface area contributed by atoms with Gasteiger partial charge in [0, 0.05) is 5.56 Å². The third-order valence-corrected chi connectivity index (χ3v) is 3.67. The van der Waals surface area contributed by atoms with Crippen LogP contribution >= 0.6 is 0 Å². The van der Waals surface area contributed by atoms with Crippen LogP contribution in [-0.4, -0.2) is 0 Å². The van der Waals surface area contributed by atoms with Crippen LogP contribution < -0.4 is 4.74 Å². The van der Waals surface area contributed by atoms with Crippen LogP contribution in [0.4, 0.5) is 4.39 Å². The standard InChI is InChI=1S/C17H17FO/c18-17-8-4-3-7-15(17)12-19-16-10-9-13-5-1-2-6-14(13)11-16/h3-4,7-11H,1-2,5-6,12H2. The fourth-order valence-electron chi connectivity index (χ4n) is 2.58. The molecule has 1 nitrogen and oxygen atoms in total. The van der Waals surface area contributed by atoms with E-state index in [2.05, 4.69) is 12.1 Å². The number of ether oxygens (including phenoxy) is 1. The van der Waals surface area contributed by atoms with Crippen molar-refractivity contribution in [2.75, 3.05) is 0 Å². The summed E-state index contributed by atoms with van der Waals surface area (Å²) in [7, 11) is 0. The molecule has 1 aliphatic rings. The zero-order valence-electron chi connectivity index (χ0n) is 10.9. The highest BCUT2D eigenvalue weighted by molar-refractivity contribution is 5.37. The van der Waals surface area contributed by atoms with Gasteiger partial charge in [0.1, 0.15) is 18.2 Å². The fraction of sp³-hybridized carbons (Fsp3) is 0.294. The molecule has 2 aromatic rings. The fourth-order valence-corrected chi connectivity index (χ4v) is 2.58. The first-order valence-corrected chi connectivity index (χ1v) is 6.81. The van der Waals surface area contributed by atoms with Gasteiger partial charge in [0.05, 0.1) is 0 Å². The van der Waals surface area contributed by atoms with E-state index in [1.807, 2.05) is 12.1 Å². The number of aryl methyl sites for hydroxylation is 2. The molecule has 0 spiro atoms. The summed E-state index contributed by atoms with van der Waals surface area (Å²) in [6, 6.07) is 13.0. The zero-order valence-corrected chi connectivity index (χ0v) is 10.9. The maximum Gasteiger partial charge on any atom is 0.129 e. The van der Waals surface area contributed by atoms with Gasteiger partial charge in [-0.1, -0.05) is 24.3 Å². The van der Waals surface area contributed by atoms with Crippen molar-refractivity contribution in [1.29, 1.82) is 0 Å². The van der Waals surface area contributed by atoms with E-state index in [1.165, 1.54) is 36.5 Å². The minimum absolute atomic E-state index is 0.208. The second-order valence-corrected chi connectivity index (χ2v) is 5.02. The van der Waals surface area contributed by atoms with Gasteiger partial charge < -0.3 is 4.74 Å². The van der Waals surface area contributed by atoms with E-state index in [1.54, 1.807) is 12.1 Å². The van der Waals surface area contributed by atoms with E-state index in [0.29, 0.717) is 5.56 Å². The molecule has 2 heteroatoms. The number of hydrogen-bond donors (Lipinski definition) is 0. The number of benzene rings is 2. The summed E-state index contributed by atoms with van der Waals surface area (Å²) in [5.74, 6) is 0.629. The Labute approximate surface area is 113 Å². The molecule has 0 radical (unpaired) electrons. The van der Waals surface area contributed by atoms with Gasteiger partial charge in [-0.05, 0) is 55.0 Å². The molecule has 0 fully saturated rings. The zero-order chi connectivity index (χ0) is 13.1. The van der Waals surface area contributed by atoms with Crippen molar-refractivity contribution in [2.45, 2.75) is 32.3 Å². The normalized spacial score (nSPS) is 13.9. The van der Waals surface area contributed by atoms with Crippen LogP contribution in [0.2, 0.25) is 0 Å². The smallest absolute Gasteiger partial charge is 0.129 e. The Hall–Kier alpha value is -1.83. The second kappa shape index (κ2) is 5.43. The van der Waals surface area contributed by atoms with Crippen LogP contribution in [0.15, 0.2) is 42.5 Å². The van der Waals surface area contributed by atoms with Gasteiger partial charge in [0.2, 0.25) is 0 Å². The van der Waals surface area contributed by atoms with Gasteiger partial charge in [-0.2, -0.15) is 0 Å². The SMILES string of the molecule is Fc1ccccc1COc1ccc2c(c1)CCCC2. The van der Waals surface area contributed by atoms with E-state index >= 15 is 0 Å². The van der Waals surface area contributed by atoms with Crippen molar-refractivity contribution in [2.24, 2.45) is 0 Å². The van der Waals surface area contributed by atoms with E-state index in [9.17, 15) is 4.39 Å². The highest BCUT2D eigenvalue weighted by Gasteiger charge is 2.10. The molecule has 3 rings (SSSR count). The molecule has 0 unspecified atom stereocenters. The lowest BCUT2D eigenvalue weighted by molar-refractivity contribution is 0.299. The summed E-state index contributed by atoms with van der Waals surface area (Å²) < 4.78 is 19.2. The highest BCUT2D eigenvalue weighted by Crippen LogP contribution is 2.25. The Morgan fingerprint density at radius 2 is 1.74 bits per heavy atom. The predicted molar refractivity (Wildman–Crippen MR) is 73.8 cm³/mol. The summed E-state index contributed by atoms with van der Waals surface area (Å²) in [6.07, 6.45) is 4.83. The average molecular weight is 256 g/mol. The number of rotatable bonds is 3. The molecule has 1 aliphatic carbocycles. The molecule has 0 heterocycles. The lowest BCUT2D eigenvalue weighted by Gasteiger charge is -2.16. The molecule has 0 saturated heterocycles. The number of fused-ring (bicyclic) bond motifs is 1. The van der Waals surface area contributed by atoms with Gasteiger partial charge in [-0.3, -0.25) is 0 Å².